The minimum absolute atomic E-state index is 0.269. The Labute approximate surface area is 155 Å². The summed E-state index contributed by atoms with van der Waals surface area (Å²) in [5.41, 5.74) is 10.1. The molecule has 2 atom stereocenters. The minimum Gasteiger partial charge on any atom is -0.368 e. The van der Waals surface area contributed by atoms with Gasteiger partial charge in [0.2, 0.25) is 0 Å². The van der Waals surface area contributed by atoms with Gasteiger partial charge in [0.25, 0.3) is 0 Å². The Morgan fingerprint density at radius 2 is 2.04 bits per heavy atom. The molecule has 0 amide bonds. The maximum atomic E-state index is 6.28. The zero-order valence-electron chi connectivity index (χ0n) is 16.4. The quantitative estimate of drug-likeness (QED) is 0.519. The van der Waals surface area contributed by atoms with E-state index in [4.69, 9.17) is 5.73 Å². The third kappa shape index (κ3) is 6.91. The lowest BCUT2D eigenvalue weighted by atomic mass is 10.1. The third-order valence-corrected chi connectivity index (χ3v) is 4.68. The first kappa shape index (κ1) is 21.2. The standard InChI is InChI=1S/C23H36N2/c1-6-10-14-20-18-23(17-19(20)5)25(16-15-21(24)11-7-2)22(12-8-3)13-9-4/h6,8-10,12-14,21,23H,3,5,7,11,15-18,24H2,1-2,4H3/b10-6-,13-9-,20-14-,22-12+. The second-order valence-electron chi connectivity index (χ2n) is 6.74. The fourth-order valence-corrected chi connectivity index (χ4v) is 3.39. The molecule has 0 bridgehead atoms. The molecular formula is C23H36N2. The molecule has 0 aliphatic heterocycles. The average molecular weight is 341 g/mol. The van der Waals surface area contributed by atoms with Gasteiger partial charge in [-0.25, -0.2) is 0 Å². The molecule has 1 aliphatic carbocycles. The summed E-state index contributed by atoms with van der Waals surface area (Å²) in [5.74, 6) is 0. The van der Waals surface area contributed by atoms with Crippen LogP contribution in [0, 0.1) is 0 Å². The lowest BCUT2D eigenvalue weighted by Gasteiger charge is -2.33. The Kier molecular flexibility index (Phi) is 9.94. The van der Waals surface area contributed by atoms with Crippen molar-refractivity contribution >= 4 is 0 Å². The number of allylic oxidation sites excluding steroid dienone is 7. The van der Waals surface area contributed by atoms with Gasteiger partial charge in [0.1, 0.15) is 0 Å². The van der Waals surface area contributed by atoms with Crippen molar-refractivity contribution in [3.05, 3.63) is 72.5 Å². The van der Waals surface area contributed by atoms with Gasteiger partial charge in [0.05, 0.1) is 0 Å². The number of hydrogen-bond acceptors (Lipinski definition) is 2. The Bertz CT molecular complexity index is 548. The Morgan fingerprint density at radius 3 is 2.64 bits per heavy atom. The van der Waals surface area contributed by atoms with Crippen molar-refractivity contribution in [2.45, 2.75) is 65.0 Å². The summed E-state index contributed by atoms with van der Waals surface area (Å²) in [6.45, 7) is 15.4. The van der Waals surface area contributed by atoms with E-state index in [1.54, 1.807) is 0 Å². The van der Waals surface area contributed by atoms with Crippen molar-refractivity contribution in [2.24, 2.45) is 5.73 Å². The van der Waals surface area contributed by atoms with Crippen LogP contribution in [0.15, 0.2) is 72.5 Å². The van der Waals surface area contributed by atoms with Crippen LogP contribution in [0.5, 0.6) is 0 Å². The highest BCUT2D eigenvalue weighted by Crippen LogP contribution is 2.35. The third-order valence-electron chi connectivity index (χ3n) is 4.68. The van der Waals surface area contributed by atoms with E-state index >= 15 is 0 Å². The molecule has 0 aromatic carbocycles. The zero-order chi connectivity index (χ0) is 18.7. The highest BCUT2D eigenvalue weighted by Gasteiger charge is 2.28. The highest BCUT2D eigenvalue weighted by atomic mass is 15.2. The SMILES string of the molecule is C=C/C=C(\C=C/C)N(CCC(N)CCC)C1CC(=C)/C(=C\C=C/C)C1. The number of nitrogens with two attached hydrogens (primary N) is 1. The van der Waals surface area contributed by atoms with E-state index in [0.717, 1.165) is 38.6 Å². The van der Waals surface area contributed by atoms with Gasteiger partial charge in [-0.15, -0.1) is 0 Å². The predicted molar refractivity (Wildman–Crippen MR) is 112 cm³/mol. The lowest BCUT2D eigenvalue weighted by Crippen LogP contribution is -2.36. The van der Waals surface area contributed by atoms with E-state index in [1.165, 1.54) is 16.8 Å². The highest BCUT2D eigenvalue weighted by molar-refractivity contribution is 5.39. The molecule has 1 saturated carbocycles. The molecule has 1 rings (SSSR count). The van der Waals surface area contributed by atoms with Gasteiger partial charge >= 0.3 is 0 Å². The van der Waals surface area contributed by atoms with Gasteiger partial charge in [0.15, 0.2) is 0 Å². The first-order chi connectivity index (χ1) is 12.1. The fourth-order valence-electron chi connectivity index (χ4n) is 3.39. The molecule has 138 valence electrons. The van der Waals surface area contributed by atoms with Crippen molar-refractivity contribution in [1.29, 1.82) is 0 Å². The van der Waals surface area contributed by atoms with Crippen LogP contribution < -0.4 is 5.73 Å². The van der Waals surface area contributed by atoms with Gasteiger partial charge in [-0.05, 0) is 62.8 Å². The van der Waals surface area contributed by atoms with Crippen molar-refractivity contribution < 1.29 is 0 Å². The molecule has 2 unspecified atom stereocenters. The summed E-state index contributed by atoms with van der Waals surface area (Å²) in [7, 11) is 0. The molecule has 2 nitrogen and oxygen atoms in total. The van der Waals surface area contributed by atoms with E-state index in [1.807, 2.05) is 13.0 Å². The Balaban J connectivity index is 2.99. The molecule has 0 radical (unpaired) electrons. The average Bonchev–Trinajstić information content (AvgIpc) is 2.94. The van der Waals surface area contributed by atoms with E-state index in [0.29, 0.717) is 6.04 Å². The van der Waals surface area contributed by atoms with E-state index < -0.39 is 0 Å². The van der Waals surface area contributed by atoms with Gasteiger partial charge in [-0.1, -0.05) is 56.9 Å². The molecule has 2 N–H and O–H groups in total. The Hall–Kier alpha value is -1.80. The van der Waals surface area contributed by atoms with Crippen LogP contribution in [0.4, 0.5) is 0 Å². The lowest BCUT2D eigenvalue weighted by molar-refractivity contribution is 0.257. The number of nitrogens with zero attached hydrogens (tertiary/aromatic N) is 1. The first-order valence-electron chi connectivity index (χ1n) is 9.54. The van der Waals surface area contributed by atoms with Crippen LogP contribution in [0.3, 0.4) is 0 Å². The second-order valence-corrected chi connectivity index (χ2v) is 6.74. The van der Waals surface area contributed by atoms with Crippen molar-refractivity contribution in [1.82, 2.24) is 4.90 Å². The van der Waals surface area contributed by atoms with Crippen LogP contribution >= 0.6 is 0 Å². The largest absolute Gasteiger partial charge is 0.368 e. The van der Waals surface area contributed by atoms with E-state index in [9.17, 15) is 0 Å². The molecule has 0 aromatic heterocycles. The number of hydrogen-bond donors (Lipinski definition) is 1. The molecule has 2 heteroatoms. The molecule has 1 aliphatic rings. The van der Waals surface area contributed by atoms with Gasteiger partial charge in [-0.2, -0.15) is 0 Å². The zero-order valence-corrected chi connectivity index (χ0v) is 16.4. The maximum absolute atomic E-state index is 6.28. The van der Waals surface area contributed by atoms with Crippen LogP contribution in [0.2, 0.25) is 0 Å². The molecule has 1 fully saturated rings. The van der Waals surface area contributed by atoms with Gasteiger partial charge in [0, 0.05) is 24.3 Å². The molecule has 0 saturated heterocycles. The smallest absolute Gasteiger partial charge is 0.0370 e. The summed E-state index contributed by atoms with van der Waals surface area (Å²) in [6, 6.07) is 0.714. The summed E-state index contributed by atoms with van der Waals surface area (Å²) in [6.07, 6.45) is 19.9. The van der Waals surface area contributed by atoms with Crippen LogP contribution in [0.25, 0.3) is 0 Å². The summed E-state index contributed by atoms with van der Waals surface area (Å²) >= 11 is 0. The maximum Gasteiger partial charge on any atom is 0.0370 e. The first-order valence-corrected chi connectivity index (χ1v) is 9.54. The van der Waals surface area contributed by atoms with E-state index in [-0.39, 0.29) is 6.04 Å². The fraction of sp³-hybridized carbons (Fsp3) is 0.478. The van der Waals surface area contributed by atoms with Crippen LogP contribution in [-0.2, 0) is 0 Å². The summed E-state index contributed by atoms with van der Waals surface area (Å²) in [4.78, 5) is 2.50. The molecule has 0 heterocycles. The monoisotopic (exact) mass is 340 g/mol. The van der Waals surface area contributed by atoms with Crippen LogP contribution in [0.1, 0.15) is 52.9 Å². The predicted octanol–water partition coefficient (Wildman–Crippen LogP) is 5.67. The molecular weight excluding hydrogens is 304 g/mol. The van der Waals surface area contributed by atoms with Crippen molar-refractivity contribution in [3.8, 4) is 0 Å². The van der Waals surface area contributed by atoms with Crippen molar-refractivity contribution in [2.75, 3.05) is 6.54 Å². The van der Waals surface area contributed by atoms with Crippen molar-refractivity contribution in [3.63, 3.8) is 0 Å². The topological polar surface area (TPSA) is 29.3 Å². The molecule has 0 spiro atoms. The molecule has 0 aromatic rings. The Morgan fingerprint density at radius 1 is 1.28 bits per heavy atom. The number of rotatable bonds is 10. The minimum atomic E-state index is 0.269. The van der Waals surface area contributed by atoms with Gasteiger partial charge in [-0.3, -0.25) is 0 Å². The van der Waals surface area contributed by atoms with Crippen LogP contribution in [-0.4, -0.2) is 23.5 Å². The normalized spacial score (nSPS) is 21.6. The van der Waals surface area contributed by atoms with E-state index in [2.05, 4.69) is 68.4 Å². The molecule has 25 heavy (non-hydrogen) atoms. The summed E-state index contributed by atoms with van der Waals surface area (Å²) in [5, 5.41) is 0. The summed E-state index contributed by atoms with van der Waals surface area (Å²) < 4.78 is 0. The van der Waals surface area contributed by atoms with Gasteiger partial charge < -0.3 is 10.6 Å². The second kappa shape index (κ2) is 11.7.